The van der Waals surface area contributed by atoms with Gasteiger partial charge >= 0.3 is 0 Å². The second kappa shape index (κ2) is 6.83. The number of hydrogen-bond acceptors (Lipinski definition) is 3. The van der Waals surface area contributed by atoms with Crippen molar-refractivity contribution in [2.24, 2.45) is 11.8 Å². The summed E-state index contributed by atoms with van der Waals surface area (Å²) in [4.78, 5) is 29.1. The van der Waals surface area contributed by atoms with E-state index in [0.717, 1.165) is 29.9 Å². The number of carbonyl (C=O) groups is 2. The van der Waals surface area contributed by atoms with Crippen molar-refractivity contribution in [3.05, 3.63) is 52.8 Å². The Balaban J connectivity index is 1.50. The highest BCUT2D eigenvalue weighted by Gasteiger charge is 2.43. The van der Waals surface area contributed by atoms with E-state index in [2.05, 4.69) is 11.2 Å². The molecule has 2 amide bonds. The smallest absolute Gasteiger partial charge is 0.253 e. The van der Waals surface area contributed by atoms with Gasteiger partial charge in [0.05, 0.1) is 18.2 Å². The highest BCUT2D eigenvalue weighted by atomic mass is 16.2. The predicted octanol–water partition coefficient (Wildman–Crippen LogP) is 2.10. The molecule has 0 N–H and O–H groups in total. The van der Waals surface area contributed by atoms with Crippen LogP contribution in [0.2, 0.25) is 0 Å². The summed E-state index contributed by atoms with van der Waals surface area (Å²) in [5.74, 6) is 0.469. The number of benzene rings is 1. The number of amides is 2. The Morgan fingerprint density at radius 2 is 2.04 bits per heavy atom. The summed E-state index contributed by atoms with van der Waals surface area (Å²) >= 11 is 0. The number of carbonyl (C=O) groups excluding carboxylic acids is 2. The number of fused-ring (bicyclic) bond motifs is 1. The van der Waals surface area contributed by atoms with Gasteiger partial charge in [0, 0.05) is 37.9 Å². The van der Waals surface area contributed by atoms with Crippen molar-refractivity contribution in [1.82, 2.24) is 19.6 Å². The van der Waals surface area contributed by atoms with Crippen LogP contribution in [0.1, 0.15) is 33.7 Å². The van der Waals surface area contributed by atoms with Crippen LogP contribution in [0.5, 0.6) is 0 Å². The fraction of sp³-hybridized carbons (Fsp3) is 0.476. The summed E-state index contributed by atoms with van der Waals surface area (Å²) in [5.41, 5.74) is 3.84. The quantitative estimate of drug-likeness (QED) is 0.836. The molecular weight excluding hydrogens is 340 g/mol. The standard InChI is InChI=1S/C21H26N4O2/c1-14-9-15(2)25(22-14)11-16-5-4-6-17(10-16)20(26)24-12-18-7-8-23(3)21(27)19(18)13-24/h4-6,9-10,18-19H,7-8,11-13H2,1-3H3/t18-,19+/m1/s1. The maximum absolute atomic E-state index is 13.0. The lowest BCUT2D eigenvalue weighted by molar-refractivity contribution is -0.137. The van der Waals surface area contributed by atoms with E-state index in [1.54, 1.807) is 4.90 Å². The molecule has 0 radical (unpaired) electrons. The molecule has 2 aromatic rings. The molecule has 0 aliphatic carbocycles. The number of likely N-dealkylation sites (tertiary alicyclic amines) is 2. The molecule has 142 valence electrons. The Hall–Kier alpha value is -2.63. The molecule has 2 fully saturated rings. The van der Waals surface area contributed by atoms with Gasteiger partial charge in [0.15, 0.2) is 0 Å². The molecule has 2 atom stereocenters. The van der Waals surface area contributed by atoms with E-state index in [1.807, 2.05) is 54.7 Å². The van der Waals surface area contributed by atoms with Crippen LogP contribution in [0.25, 0.3) is 0 Å². The van der Waals surface area contributed by atoms with Crippen molar-refractivity contribution in [1.29, 1.82) is 0 Å². The van der Waals surface area contributed by atoms with Gasteiger partial charge in [0.25, 0.3) is 5.91 Å². The van der Waals surface area contributed by atoms with E-state index in [4.69, 9.17) is 0 Å². The summed E-state index contributed by atoms with van der Waals surface area (Å²) < 4.78 is 1.96. The third-order valence-electron chi connectivity index (χ3n) is 5.87. The van der Waals surface area contributed by atoms with Crippen LogP contribution in [0.15, 0.2) is 30.3 Å². The first-order valence-electron chi connectivity index (χ1n) is 9.56. The lowest BCUT2D eigenvalue weighted by Crippen LogP contribution is -2.42. The molecule has 0 spiro atoms. The molecule has 1 aromatic carbocycles. The summed E-state index contributed by atoms with van der Waals surface area (Å²) in [6, 6.07) is 9.82. The van der Waals surface area contributed by atoms with Gasteiger partial charge in [-0.25, -0.2) is 0 Å². The SMILES string of the molecule is Cc1cc(C)n(Cc2cccc(C(=O)N3C[C@H]4CCN(C)C(=O)[C@H]4C3)c2)n1. The average Bonchev–Trinajstić information content (AvgIpc) is 3.21. The molecular formula is C21H26N4O2. The van der Waals surface area contributed by atoms with E-state index in [9.17, 15) is 9.59 Å². The monoisotopic (exact) mass is 366 g/mol. The minimum atomic E-state index is -0.0365. The third-order valence-corrected chi connectivity index (χ3v) is 5.87. The number of aryl methyl sites for hydroxylation is 2. The van der Waals surface area contributed by atoms with Crippen LogP contribution in [0.3, 0.4) is 0 Å². The lowest BCUT2D eigenvalue weighted by Gasteiger charge is -2.30. The number of hydrogen-bond donors (Lipinski definition) is 0. The minimum Gasteiger partial charge on any atom is -0.345 e. The van der Waals surface area contributed by atoms with Gasteiger partial charge in [-0.1, -0.05) is 12.1 Å². The minimum absolute atomic E-state index is 0.0232. The second-order valence-electron chi connectivity index (χ2n) is 7.91. The Kier molecular flexibility index (Phi) is 4.50. The number of rotatable bonds is 3. The topological polar surface area (TPSA) is 58.4 Å². The van der Waals surface area contributed by atoms with Gasteiger partial charge in [0.1, 0.15) is 0 Å². The van der Waals surface area contributed by atoms with Crippen molar-refractivity contribution in [3.8, 4) is 0 Å². The zero-order valence-corrected chi connectivity index (χ0v) is 16.2. The van der Waals surface area contributed by atoms with E-state index in [1.165, 1.54) is 0 Å². The van der Waals surface area contributed by atoms with Crippen LogP contribution in [0, 0.1) is 25.7 Å². The molecule has 6 nitrogen and oxygen atoms in total. The summed E-state index contributed by atoms with van der Waals surface area (Å²) in [6.45, 7) is 6.68. The van der Waals surface area contributed by atoms with Gasteiger partial charge in [0.2, 0.25) is 5.91 Å². The largest absolute Gasteiger partial charge is 0.345 e. The number of piperidine rings is 1. The highest BCUT2D eigenvalue weighted by molar-refractivity contribution is 5.95. The van der Waals surface area contributed by atoms with Crippen LogP contribution >= 0.6 is 0 Å². The Labute approximate surface area is 159 Å². The van der Waals surface area contributed by atoms with Gasteiger partial charge < -0.3 is 9.80 Å². The van der Waals surface area contributed by atoms with Gasteiger partial charge in [-0.05, 0) is 49.9 Å². The van der Waals surface area contributed by atoms with E-state index < -0.39 is 0 Å². The Morgan fingerprint density at radius 1 is 1.22 bits per heavy atom. The van der Waals surface area contributed by atoms with E-state index >= 15 is 0 Å². The Morgan fingerprint density at radius 3 is 2.78 bits per heavy atom. The van der Waals surface area contributed by atoms with Crippen LogP contribution in [0.4, 0.5) is 0 Å². The maximum Gasteiger partial charge on any atom is 0.253 e. The van der Waals surface area contributed by atoms with Crippen molar-refractivity contribution in [3.63, 3.8) is 0 Å². The summed E-state index contributed by atoms with van der Waals surface area (Å²) in [6.07, 6.45) is 0.981. The van der Waals surface area contributed by atoms with Crippen molar-refractivity contribution >= 4 is 11.8 Å². The van der Waals surface area contributed by atoms with Crippen molar-refractivity contribution in [2.45, 2.75) is 26.8 Å². The molecule has 2 saturated heterocycles. The molecule has 2 aliphatic rings. The zero-order valence-electron chi connectivity index (χ0n) is 16.2. The van der Waals surface area contributed by atoms with Crippen LogP contribution in [-0.4, -0.2) is 58.1 Å². The molecule has 27 heavy (non-hydrogen) atoms. The molecule has 6 heteroatoms. The summed E-state index contributed by atoms with van der Waals surface area (Å²) in [7, 11) is 1.85. The van der Waals surface area contributed by atoms with E-state index in [-0.39, 0.29) is 17.7 Å². The fourth-order valence-electron chi connectivity index (χ4n) is 4.36. The molecule has 0 bridgehead atoms. The van der Waals surface area contributed by atoms with Gasteiger partial charge in [-0.3, -0.25) is 14.3 Å². The van der Waals surface area contributed by atoms with Gasteiger partial charge in [-0.15, -0.1) is 0 Å². The normalized spacial score (nSPS) is 22.3. The number of aromatic nitrogens is 2. The molecule has 0 unspecified atom stereocenters. The van der Waals surface area contributed by atoms with Crippen LogP contribution in [-0.2, 0) is 11.3 Å². The van der Waals surface area contributed by atoms with Crippen molar-refractivity contribution < 1.29 is 9.59 Å². The Bertz CT molecular complexity index is 888. The first kappa shape index (κ1) is 17.8. The lowest BCUT2D eigenvalue weighted by atomic mass is 9.88. The number of nitrogens with zero attached hydrogens (tertiary/aromatic N) is 4. The molecule has 2 aliphatic heterocycles. The predicted molar refractivity (Wildman–Crippen MR) is 102 cm³/mol. The molecule has 3 heterocycles. The fourth-order valence-corrected chi connectivity index (χ4v) is 4.36. The van der Waals surface area contributed by atoms with Crippen LogP contribution < -0.4 is 0 Å². The first-order valence-corrected chi connectivity index (χ1v) is 9.56. The average molecular weight is 366 g/mol. The maximum atomic E-state index is 13.0. The molecule has 0 saturated carbocycles. The molecule has 4 rings (SSSR count). The van der Waals surface area contributed by atoms with Crippen molar-refractivity contribution in [2.75, 3.05) is 26.7 Å². The van der Waals surface area contributed by atoms with E-state index in [0.29, 0.717) is 31.1 Å². The highest BCUT2D eigenvalue weighted by Crippen LogP contribution is 2.32. The first-order chi connectivity index (χ1) is 12.9. The molecule has 1 aromatic heterocycles. The van der Waals surface area contributed by atoms with Gasteiger partial charge in [-0.2, -0.15) is 5.10 Å². The second-order valence-corrected chi connectivity index (χ2v) is 7.91. The third kappa shape index (κ3) is 3.36. The summed E-state index contributed by atoms with van der Waals surface area (Å²) in [5, 5.41) is 4.50. The zero-order chi connectivity index (χ0) is 19.1.